The number of nitrogens with zero attached hydrogens (tertiary/aromatic N) is 2. The van der Waals surface area contributed by atoms with Crippen molar-refractivity contribution in [2.24, 2.45) is 0 Å². The summed E-state index contributed by atoms with van der Waals surface area (Å²) in [6.45, 7) is 1.69. The van der Waals surface area contributed by atoms with Crippen LogP contribution in [0.2, 0.25) is 5.02 Å². The van der Waals surface area contributed by atoms with Gasteiger partial charge in [-0.15, -0.1) is 5.10 Å². The summed E-state index contributed by atoms with van der Waals surface area (Å²) in [4.78, 5) is 12.2. The van der Waals surface area contributed by atoms with Crippen LogP contribution in [0.25, 0.3) is 5.69 Å². The van der Waals surface area contributed by atoms with Crippen LogP contribution in [-0.4, -0.2) is 41.2 Å². The minimum Gasteiger partial charge on any atom is -0.486 e. The summed E-state index contributed by atoms with van der Waals surface area (Å²) >= 11 is 14.1. The zero-order chi connectivity index (χ0) is 20.9. The van der Waals surface area contributed by atoms with Gasteiger partial charge in [-0.1, -0.05) is 40.8 Å². The number of ether oxygens (including phenoxy) is 2. The van der Waals surface area contributed by atoms with E-state index >= 15 is 0 Å². The second-order valence-electron chi connectivity index (χ2n) is 6.39. The lowest BCUT2D eigenvalue weighted by molar-refractivity contribution is -0.118. The number of fused-ring (bicyclic) bond motifs is 1. The zero-order valence-electron chi connectivity index (χ0n) is 15.8. The van der Waals surface area contributed by atoms with E-state index in [4.69, 9.17) is 33.3 Å². The molecule has 6 nitrogen and oxygen atoms in total. The molecule has 0 saturated carbocycles. The number of thioether (sulfide) groups is 1. The van der Waals surface area contributed by atoms with Gasteiger partial charge < -0.3 is 14.8 Å². The Morgan fingerprint density at radius 3 is 2.77 bits per heavy atom. The first kappa shape index (κ1) is 21.2. The smallest absolute Gasteiger partial charge is 0.230 e. The molecule has 0 fully saturated rings. The third kappa shape index (κ3) is 5.34. The fraction of sp³-hybridized carbons (Fsp3) is 0.250. The molecule has 0 aliphatic carbocycles. The molecule has 2 heterocycles. The summed E-state index contributed by atoms with van der Waals surface area (Å²) in [5, 5.41) is 8.09. The van der Waals surface area contributed by atoms with Crippen molar-refractivity contribution in [3.63, 3.8) is 0 Å². The first-order valence-corrected chi connectivity index (χ1v) is 11.8. The van der Waals surface area contributed by atoms with Crippen molar-refractivity contribution >= 4 is 52.8 Å². The number of nitrogens with one attached hydrogen (secondary N) is 1. The number of carbonyl (C=O) groups is 1. The van der Waals surface area contributed by atoms with Crippen molar-refractivity contribution in [2.45, 2.75) is 10.8 Å². The molecule has 0 radical (unpaired) electrons. The number of aromatic nitrogens is 2. The minimum absolute atomic E-state index is 0.0447. The van der Waals surface area contributed by atoms with Crippen LogP contribution in [0.15, 0.2) is 46.8 Å². The van der Waals surface area contributed by atoms with E-state index in [1.54, 1.807) is 16.8 Å². The summed E-state index contributed by atoms with van der Waals surface area (Å²) < 4.78 is 14.2. The van der Waals surface area contributed by atoms with Gasteiger partial charge in [-0.05, 0) is 60.6 Å². The SMILES string of the molecule is O=C(CSc1nn(-c2ccc(Cl)cc2)c(=S)s1)NCCc1ccc2c(c1)OCCO2. The van der Waals surface area contributed by atoms with E-state index < -0.39 is 0 Å². The Morgan fingerprint density at radius 2 is 1.97 bits per heavy atom. The highest BCUT2D eigenvalue weighted by Gasteiger charge is 2.12. The van der Waals surface area contributed by atoms with Gasteiger partial charge in [-0.3, -0.25) is 4.79 Å². The summed E-state index contributed by atoms with van der Waals surface area (Å²) in [5.74, 6) is 1.77. The van der Waals surface area contributed by atoms with Crippen molar-refractivity contribution in [1.29, 1.82) is 0 Å². The maximum absolute atomic E-state index is 12.2. The predicted molar refractivity (Wildman–Crippen MR) is 122 cm³/mol. The molecule has 10 heteroatoms. The van der Waals surface area contributed by atoms with Gasteiger partial charge in [0.2, 0.25) is 5.91 Å². The lowest BCUT2D eigenvalue weighted by Crippen LogP contribution is -2.27. The number of amides is 1. The first-order valence-electron chi connectivity index (χ1n) is 9.22. The maximum Gasteiger partial charge on any atom is 0.230 e. The number of carbonyl (C=O) groups excluding carboxylic acids is 1. The van der Waals surface area contributed by atoms with Gasteiger partial charge in [-0.2, -0.15) is 0 Å². The van der Waals surface area contributed by atoms with E-state index in [9.17, 15) is 4.79 Å². The van der Waals surface area contributed by atoms with Gasteiger partial charge in [0.15, 0.2) is 19.8 Å². The minimum atomic E-state index is -0.0447. The number of halogens is 1. The average Bonchev–Trinajstić information content (AvgIpc) is 3.13. The van der Waals surface area contributed by atoms with Crippen molar-refractivity contribution in [3.8, 4) is 17.2 Å². The Kier molecular flexibility index (Phi) is 6.93. The monoisotopic (exact) mass is 479 g/mol. The molecule has 0 bridgehead atoms. The average molecular weight is 480 g/mol. The van der Waals surface area contributed by atoms with E-state index in [-0.39, 0.29) is 11.7 Å². The molecule has 1 aliphatic heterocycles. The maximum atomic E-state index is 12.2. The molecule has 1 amide bonds. The largest absolute Gasteiger partial charge is 0.486 e. The van der Waals surface area contributed by atoms with Crippen LogP contribution in [0.1, 0.15) is 5.56 Å². The summed E-state index contributed by atoms with van der Waals surface area (Å²) in [6, 6.07) is 13.2. The lowest BCUT2D eigenvalue weighted by atomic mass is 10.1. The molecule has 3 aromatic rings. The normalized spacial score (nSPS) is 12.6. The van der Waals surface area contributed by atoms with Gasteiger partial charge >= 0.3 is 0 Å². The Hall–Kier alpha value is -2.07. The van der Waals surface area contributed by atoms with Crippen molar-refractivity contribution < 1.29 is 14.3 Å². The molecule has 30 heavy (non-hydrogen) atoms. The molecule has 1 aliphatic rings. The molecular weight excluding hydrogens is 462 g/mol. The van der Waals surface area contributed by atoms with E-state index in [1.807, 2.05) is 30.3 Å². The Balaban J connectivity index is 1.26. The van der Waals surface area contributed by atoms with Crippen LogP contribution in [-0.2, 0) is 11.2 Å². The highest BCUT2D eigenvalue weighted by Crippen LogP contribution is 2.30. The number of hydrogen-bond acceptors (Lipinski definition) is 7. The molecule has 0 atom stereocenters. The molecule has 1 N–H and O–H groups in total. The fourth-order valence-electron chi connectivity index (χ4n) is 2.83. The van der Waals surface area contributed by atoms with Crippen molar-refractivity contribution in [3.05, 3.63) is 57.0 Å². The summed E-state index contributed by atoms with van der Waals surface area (Å²) in [6.07, 6.45) is 0.719. The van der Waals surface area contributed by atoms with Crippen LogP contribution in [0.3, 0.4) is 0 Å². The molecular formula is C20H18ClN3O3S3. The van der Waals surface area contributed by atoms with Crippen LogP contribution in [0.4, 0.5) is 0 Å². The molecule has 0 unspecified atom stereocenters. The fourth-order valence-corrected chi connectivity index (χ4v) is 5.15. The van der Waals surface area contributed by atoms with Crippen LogP contribution in [0.5, 0.6) is 11.5 Å². The third-order valence-corrected chi connectivity index (χ3v) is 6.89. The van der Waals surface area contributed by atoms with Gasteiger partial charge in [0.1, 0.15) is 13.2 Å². The van der Waals surface area contributed by atoms with E-state index in [0.29, 0.717) is 28.7 Å². The number of hydrogen-bond donors (Lipinski definition) is 1. The zero-order valence-corrected chi connectivity index (χ0v) is 19.0. The topological polar surface area (TPSA) is 65.4 Å². The summed E-state index contributed by atoms with van der Waals surface area (Å²) in [7, 11) is 0. The van der Waals surface area contributed by atoms with Crippen molar-refractivity contribution in [2.75, 3.05) is 25.5 Å². The van der Waals surface area contributed by atoms with Crippen LogP contribution < -0.4 is 14.8 Å². The highest BCUT2D eigenvalue weighted by atomic mass is 35.5. The predicted octanol–water partition coefficient (Wildman–Crippen LogP) is 4.54. The second kappa shape index (κ2) is 9.82. The first-order chi connectivity index (χ1) is 14.6. The van der Waals surface area contributed by atoms with E-state index in [1.165, 1.54) is 23.1 Å². The summed E-state index contributed by atoms with van der Waals surface area (Å²) in [5.41, 5.74) is 1.93. The van der Waals surface area contributed by atoms with Gasteiger partial charge in [0.25, 0.3) is 0 Å². The Labute approximate surface area is 192 Å². The standard InChI is InChI=1S/C20H18ClN3O3S3/c21-14-2-4-15(5-3-14)24-20(28)30-19(23-24)29-12-18(25)22-8-7-13-1-6-16-17(11-13)27-10-9-26-16/h1-6,11H,7-10,12H2,(H,22,25). The van der Waals surface area contributed by atoms with Gasteiger partial charge in [0, 0.05) is 11.6 Å². The molecule has 4 rings (SSSR count). The number of rotatable bonds is 7. The highest BCUT2D eigenvalue weighted by molar-refractivity contribution is 8.01. The van der Waals surface area contributed by atoms with Crippen molar-refractivity contribution in [1.82, 2.24) is 15.1 Å². The van der Waals surface area contributed by atoms with Gasteiger partial charge in [0.05, 0.1) is 11.4 Å². The van der Waals surface area contributed by atoms with E-state index in [2.05, 4.69) is 10.4 Å². The molecule has 1 aromatic heterocycles. The molecule has 0 saturated heterocycles. The lowest BCUT2D eigenvalue weighted by Gasteiger charge is -2.18. The van der Waals surface area contributed by atoms with Gasteiger partial charge in [-0.25, -0.2) is 4.68 Å². The molecule has 2 aromatic carbocycles. The molecule has 0 spiro atoms. The van der Waals surface area contributed by atoms with Crippen LogP contribution in [0, 0.1) is 3.95 Å². The number of benzene rings is 2. The van der Waals surface area contributed by atoms with Crippen LogP contribution >= 0.6 is 46.9 Å². The molecule has 156 valence electrons. The quantitative estimate of drug-likeness (QED) is 0.396. The Bertz CT molecular complexity index is 1100. The van der Waals surface area contributed by atoms with E-state index in [0.717, 1.165) is 33.5 Å². The Morgan fingerprint density at radius 1 is 1.20 bits per heavy atom. The second-order valence-corrected chi connectivity index (χ2v) is 9.67. The third-order valence-electron chi connectivity index (χ3n) is 4.27.